The SMILES string of the molecule is Cc1nnsc1C(=O)NCCCCNCCNC1CCCCC1.Cl.Cl. The van der Waals surface area contributed by atoms with Gasteiger partial charge in [0.2, 0.25) is 0 Å². The van der Waals surface area contributed by atoms with E-state index in [0.29, 0.717) is 17.1 Å². The van der Waals surface area contributed by atoms with Crippen molar-refractivity contribution in [1.82, 2.24) is 25.5 Å². The Bertz CT molecular complexity index is 469. The van der Waals surface area contributed by atoms with Gasteiger partial charge in [0, 0.05) is 25.7 Å². The molecule has 1 aromatic heterocycles. The minimum Gasteiger partial charge on any atom is -0.351 e. The van der Waals surface area contributed by atoms with Crippen molar-refractivity contribution in [2.24, 2.45) is 0 Å². The van der Waals surface area contributed by atoms with Crippen LogP contribution >= 0.6 is 36.3 Å². The van der Waals surface area contributed by atoms with Crippen molar-refractivity contribution in [2.45, 2.75) is 57.9 Å². The number of rotatable bonds is 10. The van der Waals surface area contributed by atoms with Crippen molar-refractivity contribution >= 4 is 42.3 Å². The predicted molar refractivity (Wildman–Crippen MR) is 108 cm³/mol. The molecule has 0 bridgehead atoms. The molecule has 1 aliphatic rings. The average Bonchev–Trinajstić information content (AvgIpc) is 3.00. The van der Waals surface area contributed by atoms with Crippen molar-refractivity contribution in [3.05, 3.63) is 10.6 Å². The molecule has 0 saturated heterocycles. The normalized spacial score (nSPS) is 14.4. The Morgan fingerprint density at radius 3 is 2.48 bits per heavy atom. The van der Waals surface area contributed by atoms with Crippen molar-refractivity contribution in [2.75, 3.05) is 26.2 Å². The number of hydrogen-bond acceptors (Lipinski definition) is 6. The van der Waals surface area contributed by atoms with Crippen LogP contribution < -0.4 is 16.0 Å². The van der Waals surface area contributed by atoms with Crippen LogP contribution in [0.2, 0.25) is 0 Å². The Balaban J connectivity index is 0.00000288. The number of hydrogen-bond donors (Lipinski definition) is 3. The van der Waals surface area contributed by atoms with Gasteiger partial charge in [-0.2, -0.15) is 0 Å². The third kappa shape index (κ3) is 9.70. The molecular weight excluding hydrogens is 381 g/mol. The molecule has 0 aliphatic heterocycles. The second kappa shape index (κ2) is 14.7. The Hall–Kier alpha value is -0.470. The first kappa shape index (κ1) is 24.5. The summed E-state index contributed by atoms with van der Waals surface area (Å²) in [5.41, 5.74) is 0.708. The van der Waals surface area contributed by atoms with Gasteiger partial charge in [-0.25, -0.2) is 0 Å². The monoisotopic (exact) mass is 411 g/mol. The van der Waals surface area contributed by atoms with E-state index in [4.69, 9.17) is 0 Å². The van der Waals surface area contributed by atoms with Gasteiger partial charge in [-0.15, -0.1) is 29.9 Å². The lowest BCUT2D eigenvalue weighted by molar-refractivity contribution is 0.0956. The Kier molecular flexibility index (Phi) is 14.4. The lowest BCUT2D eigenvalue weighted by Crippen LogP contribution is -2.36. The van der Waals surface area contributed by atoms with Crippen LogP contribution in [-0.2, 0) is 0 Å². The summed E-state index contributed by atoms with van der Waals surface area (Å²) in [6, 6.07) is 0.741. The molecule has 1 heterocycles. The van der Waals surface area contributed by atoms with E-state index in [9.17, 15) is 4.79 Å². The van der Waals surface area contributed by atoms with E-state index in [-0.39, 0.29) is 30.7 Å². The lowest BCUT2D eigenvalue weighted by atomic mass is 9.95. The first-order valence-corrected chi connectivity index (χ1v) is 9.56. The van der Waals surface area contributed by atoms with Crippen LogP contribution in [0.15, 0.2) is 0 Å². The summed E-state index contributed by atoms with van der Waals surface area (Å²) < 4.78 is 3.78. The molecule has 1 amide bonds. The molecule has 9 heteroatoms. The van der Waals surface area contributed by atoms with Gasteiger partial charge in [-0.05, 0) is 50.7 Å². The molecule has 0 aromatic carbocycles. The zero-order chi connectivity index (χ0) is 16.3. The van der Waals surface area contributed by atoms with Crippen molar-refractivity contribution in [3.63, 3.8) is 0 Å². The quantitative estimate of drug-likeness (QED) is 0.515. The van der Waals surface area contributed by atoms with Crippen molar-refractivity contribution in [1.29, 1.82) is 0 Å². The Morgan fingerprint density at radius 2 is 1.80 bits per heavy atom. The average molecular weight is 412 g/mol. The zero-order valence-electron chi connectivity index (χ0n) is 14.9. The zero-order valence-corrected chi connectivity index (χ0v) is 17.3. The van der Waals surface area contributed by atoms with Crippen LogP contribution in [0.1, 0.15) is 60.3 Å². The van der Waals surface area contributed by atoms with E-state index in [1.807, 2.05) is 6.92 Å². The van der Waals surface area contributed by atoms with E-state index in [1.165, 1.54) is 32.1 Å². The molecule has 3 N–H and O–H groups in total. The standard InChI is InChI=1S/C16H29N5OS.2ClH/c1-13-15(23-21-20-13)16(22)19-10-6-5-9-17-11-12-18-14-7-3-2-4-8-14;;/h14,17-18H,2-12H2,1H3,(H,19,22);2*1H. The minimum atomic E-state index is -0.0536. The summed E-state index contributed by atoms with van der Waals surface area (Å²) in [5, 5.41) is 13.9. The molecule has 146 valence electrons. The summed E-state index contributed by atoms with van der Waals surface area (Å²) in [6.45, 7) is 5.60. The first-order chi connectivity index (χ1) is 11.3. The smallest absolute Gasteiger partial charge is 0.264 e. The highest BCUT2D eigenvalue weighted by Crippen LogP contribution is 2.16. The highest BCUT2D eigenvalue weighted by Gasteiger charge is 2.12. The summed E-state index contributed by atoms with van der Waals surface area (Å²) in [7, 11) is 0. The van der Waals surface area contributed by atoms with Gasteiger partial charge in [0.25, 0.3) is 5.91 Å². The minimum absolute atomic E-state index is 0. The van der Waals surface area contributed by atoms with Gasteiger partial charge in [0.15, 0.2) is 0 Å². The first-order valence-electron chi connectivity index (χ1n) is 8.78. The fraction of sp³-hybridized carbons (Fsp3) is 0.812. The van der Waals surface area contributed by atoms with E-state index in [1.54, 1.807) is 0 Å². The molecule has 1 aromatic rings. The number of aryl methyl sites for hydroxylation is 1. The molecule has 0 spiro atoms. The molecule has 6 nitrogen and oxygen atoms in total. The molecular formula is C16H31Cl2N5OS. The molecule has 0 atom stereocenters. The summed E-state index contributed by atoms with van der Waals surface area (Å²) >= 11 is 1.15. The Labute approximate surface area is 167 Å². The predicted octanol–water partition coefficient (Wildman–Crippen LogP) is 2.71. The van der Waals surface area contributed by atoms with Crippen LogP contribution in [-0.4, -0.2) is 47.7 Å². The summed E-state index contributed by atoms with van der Waals surface area (Å²) in [4.78, 5) is 12.5. The van der Waals surface area contributed by atoms with Gasteiger partial charge < -0.3 is 16.0 Å². The van der Waals surface area contributed by atoms with E-state index < -0.39 is 0 Å². The Morgan fingerprint density at radius 1 is 1.08 bits per heavy atom. The maximum Gasteiger partial charge on any atom is 0.264 e. The topological polar surface area (TPSA) is 78.9 Å². The largest absolute Gasteiger partial charge is 0.351 e. The van der Waals surface area contributed by atoms with Gasteiger partial charge >= 0.3 is 0 Å². The molecule has 1 fully saturated rings. The van der Waals surface area contributed by atoms with Crippen LogP contribution in [0.4, 0.5) is 0 Å². The third-order valence-electron chi connectivity index (χ3n) is 4.26. The van der Waals surface area contributed by atoms with Crippen LogP contribution in [0, 0.1) is 6.92 Å². The maximum absolute atomic E-state index is 11.8. The highest BCUT2D eigenvalue weighted by atomic mass is 35.5. The van der Waals surface area contributed by atoms with Gasteiger partial charge in [-0.1, -0.05) is 23.8 Å². The van der Waals surface area contributed by atoms with E-state index in [0.717, 1.165) is 50.1 Å². The van der Waals surface area contributed by atoms with Gasteiger partial charge in [0.1, 0.15) is 4.88 Å². The van der Waals surface area contributed by atoms with Crippen LogP contribution in [0.5, 0.6) is 0 Å². The summed E-state index contributed by atoms with van der Waals surface area (Å²) in [5.74, 6) is -0.0536. The maximum atomic E-state index is 11.8. The van der Waals surface area contributed by atoms with Crippen molar-refractivity contribution in [3.8, 4) is 0 Å². The molecule has 0 radical (unpaired) electrons. The molecule has 2 rings (SSSR count). The van der Waals surface area contributed by atoms with Gasteiger partial charge in [0.05, 0.1) is 5.69 Å². The number of aromatic nitrogens is 2. The molecule has 25 heavy (non-hydrogen) atoms. The molecule has 1 aliphatic carbocycles. The van der Waals surface area contributed by atoms with Crippen molar-refractivity contribution < 1.29 is 4.79 Å². The molecule has 0 unspecified atom stereocenters. The fourth-order valence-electron chi connectivity index (χ4n) is 2.89. The highest BCUT2D eigenvalue weighted by molar-refractivity contribution is 7.07. The van der Waals surface area contributed by atoms with Crippen LogP contribution in [0.25, 0.3) is 0 Å². The lowest BCUT2D eigenvalue weighted by Gasteiger charge is -2.22. The number of unbranched alkanes of at least 4 members (excludes halogenated alkanes) is 1. The molecule has 1 saturated carbocycles. The number of nitrogens with zero attached hydrogens (tertiary/aromatic N) is 2. The van der Waals surface area contributed by atoms with Gasteiger partial charge in [-0.3, -0.25) is 4.79 Å². The van der Waals surface area contributed by atoms with E-state index >= 15 is 0 Å². The summed E-state index contributed by atoms with van der Waals surface area (Å²) in [6.07, 6.45) is 8.92. The number of amides is 1. The van der Waals surface area contributed by atoms with Crippen LogP contribution in [0.3, 0.4) is 0 Å². The number of halogens is 2. The second-order valence-electron chi connectivity index (χ2n) is 6.19. The number of nitrogens with one attached hydrogen (secondary N) is 3. The van der Waals surface area contributed by atoms with E-state index in [2.05, 4.69) is 25.5 Å². The number of carbonyl (C=O) groups excluding carboxylic acids is 1. The third-order valence-corrected chi connectivity index (χ3v) is 5.09. The fourth-order valence-corrected chi connectivity index (χ4v) is 3.47. The number of carbonyl (C=O) groups is 1. The second-order valence-corrected chi connectivity index (χ2v) is 6.94.